The highest BCUT2D eigenvalue weighted by Crippen LogP contribution is 2.18. The summed E-state index contributed by atoms with van der Waals surface area (Å²) in [6, 6.07) is 6.81. The highest BCUT2D eigenvalue weighted by Gasteiger charge is 2.11. The van der Waals surface area contributed by atoms with Crippen molar-refractivity contribution in [2.75, 3.05) is 0 Å². The SMILES string of the molecule is Cc1cnc(C(O)Cc2cccc(O)c2)nc1. The number of aryl methyl sites for hydroxylation is 1. The number of aliphatic hydroxyl groups is 1. The van der Waals surface area contributed by atoms with E-state index in [2.05, 4.69) is 9.97 Å². The molecule has 1 unspecified atom stereocenters. The molecule has 2 N–H and O–H groups in total. The molecule has 88 valence electrons. The molecule has 4 heteroatoms. The Morgan fingerprint density at radius 2 is 1.94 bits per heavy atom. The topological polar surface area (TPSA) is 66.2 Å². The first-order valence-electron chi connectivity index (χ1n) is 5.39. The fourth-order valence-electron chi connectivity index (χ4n) is 1.57. The van der Waals surface area contributed by atoms with E-state index in [1.165, 1.54) is 0 Å². The van der Waals surface area contributed by atoms with Crippen LogP contribution in [0.25, 0.3) is 0 Å². The van der Waals surface area contributed by atoms with Crippen molar-refractivity contribution >= 4 is 0 Å². The Bertz CT molecular complexity index is 497. The molecule has 0 fully saturated rings. The number of benzene rings is 1. The molecule has 1 aromatic heterocycles. The number of aliphatic hydroxyl groups excluding tert-OH is 1. The van der Waals surface area contributed by atoms with Crippen molar-refractivity contribution < 1.29 is 10.2 Å². The number of rotatable bonds is 3. The predicted molar refractivity (Wildman–Crippen MR) is 63.5 cm³/mol. The minimum Gasteiger partial charge on any atom is -0.508 e. The van der Waals surface area contributed by atoms with Crippen molar-refractivity contribution in [1.29, 1.82) is 0 Å². The van der Waals surface area contributed by atoms with E-state index < -0.39 is 6.10 Å². The van der Waals surface area contributed by atoms with Crippen molar-refractivity contribution in [2.24, 2.45) is 0 Å². The number of phenols is 1. The highest BCUT2D eigenvalue weighted by molar-refractivity contribution is 5.27. The molecule has 0 aliphatic rings. The molecule has 4 nitrogen and oxygen atoms in total. The minimum atomic E-state index is -0.752. The lowest BCUT2D eigenvalue weighted by Gasteiger charge is -2.09. The van der Waals surface area contributed by atoms with Crippen LogP contribution in [0, 0.1) is 6.92 Å². The number of phenolic OH excluding ortho intramolecular Hbond substituents is 1. The number of hydrogen-bond donors (Lipinski definition) is 2. The largest absolute Gasteiger partial charge is 0.508 e. The van der Waals surface area contributed by atoms with Gasteiger partial charge in [0.25, 0.3) is 0 Å². The molecule has 0 amide bonds. The van der Waals surface area contributed by atoms with Crippen LogP contribution in [-0.2, 0) is 6.42 Å². The van der Waals surface area contributed by atoms with Gasteiger partial charge in [-0.25, -0.2) is 9.97 Å². The van der Waals surface area contributed by atoms with Gasteiger partial charge < -0.3 is 10.2 Å². The Morgan fingerprint density at radius 3 is 2.59 bits per heavy atom. The second kappa shape index (κ2) is 4.93. The molecule has 0 saturated carbocycles. The van der Waals surface area contributed by atoms with Crippen LogP contribution in [0.1, 0.15) is 23.1 Å². The van der Waals surface area contributed by atoms with Crippen LogP contribution in [0.2, 0.25) is 0 Å². The van der Waals surface area contributed by atoms with E-state index in [0.717, 1.165) is 11.1 Å². The molecule has 1 aromatic carbocycles. The van der Waals surface area contributed by atoms with Gasteiger partial charge in [-0.1, -0.05) is 12.1 Å². The second-order valence-corrected chi connectivity index (χ2v) is 4.01. The maximum Gasteiger partial charge on any atom is 0.157 e. The van der Waals surface area contributed by atoms with E-state index in [1.807, 2.05) is 13.0 Å². The number of aromatic hydroxyl groups is 1. The van der Waals surface area contributed by atoms with Gasteiger partial charge in [0.15, 0.2) is 5.82 Å². The summed E-state index contributed by atoms with van der Waals surface area (Å²) in [5.41, 5.74) is 1.81. The molecule has 2 rings (SSSR count). The standard InChI is InChI=1S/C13H14N2O2/c1-9-7-14-13(15-8-9)12(17)6-10-3-2-4-11(16)5-10/h2-5,7-8,12,16-17H,6H2,1H3. The van der Waals surface area contributed by atoms with Gasteiger partial charge in [-0.2, -0.15) is 0 Å². The van der Waals surface area contributed by atoms with Crippen molar-refractivity contribution in [3.63, 3.8) is 0 Å². The fraction of sp³-hybridized carbons (Fsp3) is 0.231. The third-order valence-electron chi connectivity index (χ3n) is 2.44. The Kier molecular flexibility index (Phi) is 3.35. The molecule has 0 aliphatic heterocycles. The summed E-state index contributed by atoms with van der Waals surface area (Å²) in [5, 5.41) is 19.3. The lowest BCUT2D eigenvalue weighted by molar-refractivity contribution is 0.168. The third-order valence-corrected chi connectivity index (χ3v) is 2.44. The molecule has 1 atom stereocenters. The second-order valence-electron chi connectivity index (χ2n) is 4.01. The molecular formula is C13H14N2O2. The van der Waals surface area contributed by atoms with Crippen LogP contribution in [-0.4, -0.2) is 20.2 Å². The summed E-state index contributed by atoms with van der Waals surface area (Å²) in [4.78, 5) is 8.15. The van der Waals surface area contributed by atoms with Crippen LogP contribution in [0.4, 0.5) is 0 Å². The van der Waals surface area contributed by atoms with Gasteiger partial charge in [0, 0.05) is 18.8 Å². The van der Waals surface area contributed by atoms with Crippen LogP contribution in [0.5, 0.6) is 5.75 Å². The van der Waals surface area contributed by atoms with Crippen molar-refractivity contribution in [1.82, 2.24) is 9.97 Å². The minimum absolute atomic E-state index is 0.194. The number of hydrogen-bond acceptors (Lipinski definition) is 4. The van der Waals surface area contributed by atoms with Gasteiger partial charge >= 0.3 is 0 Å². The summed E-state index contributed by atoms with van der Waals surface area (Å²) >= 11 is 0. The Hall–Kier alpha value is -1.94. The molecule has 0 saturated heterocycles. The first-order chi connectivity index (χ1) is 8.15. The first kappa shape index (κ1) is 11.5. The summed E-state index contributed by atoms with van der Waals surface area (Å²) in [6.07, 6.45) is 2.98. The lowest BCUT2D eigenvalue weighted by Crippen LogP contribution is -2.06. The maximum absolute atomic E-state index is 9.95. The molecule has 2 aromatic rings. The van der Waals surface area contributed by atoms with E-state index in [0.29, 0.717) is 12.2 Å². The van der Waals surface area contributed by atoms with E-state index >= 15 is 0 Å². The third kappa shape index (κ3) is 3.01. The zero-order chi connectivity index (χ0) is 12.3. The molecule has 1 heterocycles. The van der Waals surface area contributed by atoms with E-state index in [4.69, 9.17) is 0 Å². The van der Waals surface area contributed by atoms with Crippen molar-refractivity contribution in [2.45, 2.75) is 19.4 Å². The summed E-state index contributed by atoms with van der Waals surface area (Å²) in [7, 11) is 0. The van der Waals surface area contributed by atoms with Gasteiger partial charge in [-0.3, -0.25) is 0 Å². The van der Waals surface area contributed by atoms with Gasteiger partial charge in [0.05, 0.1) is 0 Å². The van der Waals surface area contributed by atoms with Crippen LogP contribution >= 0.6 is 0 Å². The quantitative estimate of drug-likeness (QED) is 0.843. The van der Waals surface area contributed by atoms with Gasteiger partial charge in [-0.15, -0.1) is 0 Å². The number of aromatic nitrogens is 2. The van der Waals surface area contributed by atoms with Gasteiger partial charge in [0.1, 0.15) is 11.9 Å². The van der Waals surface area contributed by atoms with Crippen LogP contribution in [0.3, 0.4) is 0 Å². The Balaban J connectivity index is 2.11. The molecular weight excluding hydrogens is 216 g/mol. The van der Waals surface area contributed by atoms with Gasteiger partial charge in [-0.05, 0) is 30.2 Å². The summed E-state index contributed by atoms with van der Waals surface area (Å²) in [6.45, 7) is 1.89. The molecule has 0 bridgehead atoms. The van der Waals surface area contributed by atoms with E-state index in [1.54, 1.807) is 30.6 Å². The van der Waals surface area contributed by atoms with Gasteiger partial charge in [0.2, 0.25) is 0 Å². The smallest absolute Gasteiger partial charge is 0.157 e. The van der Waals surface area contributed by atoms with Crippen molar-refractivity contribution in [3.05, 3.63) is 53.6 Å². The Morgan fingerprint density at radius 1 is 1.24 bits per heavy atom. The van der Waals surface area contributed by atoms with E-state index in [-0.39, 0.29) is 5.75 Å². The predicted octanol–water partition coefficient (Wildman–Crippen LogP) is 1.77. The number of nitrogens with zero attached hydrogens (tertiary/aromatic N) is 2. The lowest BCUT2D eigenvalue weighted by atomic mass is 10.1. The molecule has 17 heavy (non-hydrogen) atoms. The van der Waals surface area contributed by atoms with E-state index in [9.17, 15) is 10.2 Å². The molecule has 0 radical (unpaired) electrons. The molecule has 0 aliphatic carbocycles. The Labute approximate surface area is 99.6 Å². The average molecular weight is 230 g/mol. The average Bonchev–Trinajstić information content (AvgIpc) is 2.29. The van der Waals surface area contributed by atoms with Crippen molar-refractivity contribution in [3.8, 4) is 5.75 Å². The summed E-state index contributed by atoms with van der Waals surface area (Å²) in [5.74, 6) is 0.596. The monoisotopic (exact) mass is 230 g/mol. The zero-order valence-corrected chi connectivity index (χ0v) is 9.54. The fourth-order valence-corrected chi connectivity index (χ4v) is 1.57. The first-order valence-corrected chi connectivity index (χ1v) is 5.39. The molecule has 0 spiro atoms. The highest BCUT2D eigenvalue weighted by atomic mass is 16.3. The normalized spacial score (nSPS) is 12.4. The zero-order valence-electron chi connectivity index (χ0n) is 9.54. The summed E-state index contributed by atoms with van der Waals surface area (Å²) < 4.78 is 0. The maximum atomic E-state index is 9.95. The van der Waals surface area contributed by atoms with Crippen LogP contribution < -0.4 is 0 Å². The van der Waals surface area contributed by atoms with Crippen LogP contribution in [0.15, 0.2) is 36.7 Å².